The van der Waals surface area contributed by atoms with E-state index in [4.69, 9.17) is 45.0 Å². The van der Waals surface area contributed by atoms with E-state index in [2.05, 4.69) is 10.3 Å². The van der Waals surface area contributed by atoms with Crippen LogP contribution < -0.4 is 11.1 Å². The summed E-state index contributed by atoms with van der Waals surface area (Å²) >= 11 is 17.9. The summed E-state index contributed by atoms with van der Waals surface area (Å²) in [5.74, 6) is 0. The van der Waals surface area contributed by atoms with E-state index in [1.807, 2.05) is 0 Å². The van der Waals surface area contributed by atoms with Crippen LogP contribution >= 0.6 is 34.8 Å². The standard InChI is InChI=1S/C13H8Cl3N3O/c14-7-4-9(16)10(5-8(7)15)18-13-19-11-3-6(17)1-2-12(11)20-13/h1-5H,17H2,(H,18,19). The van der Waals surface area contributed by atoms with Crippen LogP contribution in [-0.2, 0) is 0 Å². The summed E-state index contributed by atoms with van der Waals surface area (Å²) in [6.45, 7) is 0. The maximum absolute atomic E-state index is 6.08. The number of halogens is 3. The minimum Gasteiger partial charge on any atom is -0.423 e. The van der Waals surface area contributed by atoms with Gasteiger partial charge in [-0.1, -0.05) is 34.8 Å². The molecule has 7 heteroatoms. The van der Waals surface area contributed by atoms with Gasteiger partial charge in [-0.05, 0) is 30.3 Å². The molecule has 3 aromatic rings. The van der Waals surface area contributed by atoms with Crippen molar-refractivity contribution in [2.45, 2.75) is 0 Å². The average Bonchev–Trinajstić information content (AvgIpc) is 2.77. The number of nitrogen functional groups attached to an aromatic ring is 1. The fraction of sp³-hybridized carbons (Fsp3) is 0. The van der Waals surface area contributed by atoms with Crippen LogP contribution in [0.1, 0.15) is 0 Å². The summed E-state index contributed by atoms with van der Waals surface area (Å²) < 4.78 is 5.54. The Bertz CT molecular complexity index is 801. The molecule has 0 saturated carbocycles. The molecule has 0 unspecified atom stereocenters. The largest absolute Gasteiger partial charge is 0.423 e. The molecule has 102 valence electrons. The van der Waals surface area contributed by atoms with E-state index in [-0.39, 0.29) is 0 Å². The number of aromatic nitrogens is 1. The number of nitrogens with one attached hydrogen (secondary N) is 1. The first kappa shape index (κ1) is 13.4. The van der Waals surface area contributed by atoms with E-state index in [0.717, 1.165) is 0 Å². The highest BCUT2D eigenvalue weighted by molar-refractivity contribution is 6.44. The third-order valence-electron chi connectivity index (χ3n) is 2.66. The van der Waals surface area contributed by atoms with Crippen molar-refractivity contribution in [1.29, 1.82) is 0 Å². The van der Waals surface area contributed by atoms with Gasteiger partial charge in [-0.3, -0.25) is 0 Å². The number of nitrogens with two attached hydrogens (primary N) is 1. The number of hydrogen-bond acceptors (Lipinski definition) is 4. The number of oxazole rings is 1. The van der Waals surface area contributed by atoms with Gasteiger partial charge in [0.25, 0.3) is 6.01 Å². The van der Waals surface area contributed by atoms with Gasteiger partial charge < -0.3 is 15.5 Å². The van der Waals surface area contributed by atoms with Gasteiger partial charge in [-0.15, -0.1) is 0 Å². The van der Waals surface area contributed by atoms with Crippen molar-refractivity contribution >= 4 is 63.3 Å². The lowest BCUT2D eigenvalue weighted by Crippen LogP contribution is -1.91. The zero-order chi connectivity index (χ0) is 14.3. The molecule has 1 heterocycles. The number of hydrogen-bond donors (Lipinski definition) is 2. The predicted octanol–water partition coefficient (Wildman–Crippen LogP) is 5.11. The molecule has 3 N–H and O–H groups in total. The molecule has 0 aliphatic carbocycles. The quantitative estimate of drug-likeness (QED) is 0.506. The molecular weight excluding hydrogens is 321 g/mol. The second-order valence-corrected chi connectivity index (χ2v) is 5.34. The van der Waals surface area contributed by atoms with Crippen molar-refractivity contribution in [3.05, 3.63) is 45.4 Å². The molecule has 2 aromatic carbocycles. The van der Waals surface area contributed by atoms with E-state index in [1.54, 1.807) is 30.3 Å². The first-order chi connectivity index (χ1) is 9.52. The smallest absolute Gasteiger partial charge is 0.300 e. The lowest BCUT2D eigenvalue weighted by molar-refractivity contribution is 0.623. The predicted molar refractivity (Wildman–Crippen MR) is 83.2 cm³/mol. The van der Waals surface area contributed by atoms with E-state index < -0.39 is 0 Å². The first-order valence-corrected chi connectivity index (χ1v) is 6.74. The van der Waals surface area contributed by atoms with Crippen LogP contribution in [0.5, 0.6) is 0 Å². The topological polar surface area (TPSA) is 64.1 Å². The molecule has 20 heavy (non-hydrogen) atoms. The van der Waals surface area contributed by atoms with Crippen LogP contribution in [0, 0.1) is 0 Å². The molecule has 4 nitrogen and oxygen atoms in total. The van der Waals surface area contributed by atoms with Gasteiger partial charge in [0.1, 0.15) is 5.52 Å². The summed E-state index contributed by atoms with van der Waals surface area (Å²) in [6, 6.07) is 8.67. The Morgan fingerprint density at radius 3 is 2.55 bits per heavy atom. The summed E-state index contributed by atoms with van der Waals surface area (Å²) in [5, 5.41) is 4.14. The number of rotatable bonds is 2. The van der Waals surface area contributed by atoms with Crippen molar-refractivity contribution in [1.82, 2.24) is 4.98 Å². The second-order valence-electron chi connectivity index (χ2n) is 4.12. The summed E-state index contributed by atoms with van der Waals surface area (Å²) in [6.07, 6.45) is 0. The van der Waals surface area contributed by atoms with Gasteiger partial charge in [0.15, 0.2) is 5.58 Å². The van der Waals surface area contributed by atoms with Gasteiger partial charge >= 0.3 is 0 Å². The van der Waals surface area contributed by atoms with E-state index in [0.29, 0.717) is 43.6 Å². The molecule has 0 amide bonds. The maximum atomic E-state index is 6.08. The Morgan fingerprint density at radius 1 is 1.00 bits per heavy atom. The molecule has 0 spiro atoms. The second kappa shape index (κ2) is 5.05. The van der Waals surface area contributed by atoms with Crippen molar-refractivity contribution in [3.8, 4) is 0 Å². The molecule has 0 radical (unpaired) electrons. The molecule has 0 fully saturated rings. The Hall–Kier alpha value is -1.62. The highest BCUT2D eigenvalue weighted by Gasteiger charge is 2.10. The Morgan fingerprint density at radius 2 is 1.75 bits per heavy atom. The third kappa shape index (κ3) is 2.50. The molecule has 0 bridgehead atoms. The maximum Gasteiger partial charge on any atom is 0.300 e. The van der Waals surface area contributed by atoms with Crippen molar-refractivity contribution < 1.29 is 4.42 Å². The van der Waals surface area contributed by atoms with E-state index in [1.165, 1.54) is 0 Å². The zero-order valence-electron chi connectivity index (χ0n) is 9.95. The molecule has 3 rings (SSSR count). The summed E-state index contributed by atoms with van der Waals surface area (Å²) in [7, 11) is 0. The van der Waals surface area contributed by atoms with E-state index >= 15 is 0 Å². The highest BCUT2D eigenvalue weighted by Crippen LogP contribution is 2.34. The SMILES string of the molecule is Nc1ccc2oc(Nc3cc(Cl)c(Cl)cc3Cl)nc2c1. The number of anilines is 3. The van der Waals surface area contributed by atoms with Crippen LogP contribution in [0.4, 0.5) is 17.4 Å². The third-order valence-corrected chi connectivity index (χ3v) is 3.70. The first-order valence-electron chi connectivity index (χ1n) is 5.60. The Balaban J connectivity index is 1.99. The molecule has 1 aromatic heterocycles. The van der Waals surface area contributed by atoms with Crippen LogP contribution in [0.15, 0.2) is 34.7 Å². The van der Waals surface area contributed by atoms with Gasteiger partial charge in [0, 0.05) is 5.69 Å². The average molecular weight is 329 g/mol. The fourth-order valence-corrected chi connectivity index (χ4v) is 2.33. The molecule has 0 aliphatic heterocycles. The summed E-state index contributed by atoms with van der Waals surface area (Å²) in [4.78, 5) is 4.27. The van der Waals surface area contributed by atoms with Crippen LogP contribution in [0.25, 0.3) is 11.1 Å². The van der Waals surface area contributed by atoms with Crippen molar-refractivity contribution in [2.24, 2.45) is 0 Å². The number of nitrogens with zero attached hydrogens (tertiary/aromatic N) is 1. The number of fused-ring (bicyclic) bond motifs is 1. The van der Waals surface area contributed by atoms with Gasteiger partial charge in [-0.25, -0.2) is 0 Å². The van der Waals surface area contributed by atoms with E-state index in [9.17, 15) is 0 Å². The molecule has 0 saturated heterocycles. The van der Waals surface area contributed by atoms with Crippen molar-refractivity contribution in [3.63, 3.8) is 0 Å². The van der Waals surface area contributed by atoms with Gasteiger partial charge in [0.2, 0.25) is 0 Å². The number of benzene rings is 2. The van der Waals surface area contributed by atoms with Gasteiger partial charge in [0.05, 0.1) is 20.8 Å². The zero-order valence-corrected chi connectivity index (χ0v) is 12.2. The monoisotopic (exact) mass is 327 g/mol. The minimum absolute atomic E-state index is 0.297. The van der Waals surface area contributed by atoms with Crippen LogP contribution in [0.2, 0.25) is 15.1 Å². The van der Waals surface area contributed by atoms with Crippen LogP contribution in [-0.4, -0.2) is 4.98 Å². The van der Waals surface area contributed by atoms with Gasteiger partial charge in [-0.2, -0.15) is 4.98 Å². The lowest BCUT2D eigenvalue weighted by Gasteiger charge is -2.06. The molecule has 0 atom stereocenters. The summed E-state index contributed by atoms with van der Waals surface area (Å²) in [5.41, 5.74) is 8.14. The Labute approximate surface area is 129 Å². The normalized spacial score (nSPS) is 10.9. The highest BCUT2D eigenvalue weighted by atomic mass is 35.5. The fourth-order valence-electron chi connectivity index (χ4n) is 1.73. The van der Waals surface area contributed by atoms with Crippen LogP contribution in [0.3, 0.4) is 0 Å². The minimum atomic E-state index is 0.297. The molecular formula is C13H8Cl3N3O. The van der Waals surface area contributed by atoms with Crippen molar-refractivity contribution in [2.75, 3.05) is 11.1 Å². The molecule has 0 aliphatic rings. The lowest BCUT2D eigenvalue weighted by atomic mass is 10.3. The Kier molecular flexibility index (Phi) is 3.38.